The smallest absolute Gasteiger partial charge is 0.322 e. The van der Waals surface area contributed by atoms with E-state index < -0.39 is 0 Å². The second kappa shape index (κ2) is 6.56. The third kappa shape index (κ3) is 4.32. The molecule has 0 aromatic carbocycles. The Balaban J connectivity index is 2.55. The highest BCUT2D eigenvalue weighted by Crippen LogP contribution is 2.15. The predicted molar refractivity (Wildman–Crippen MR) is 69.3 cm³/mol. The molecule has 1 aromatic rings. The summed E-state index contributed by atoms with van der Waals surface area (Å²) in [6.45, 7) is 4.38. The Morgan fingerprint density at radius 1 is 1.71 bits per heavy atom. The van der Waals surface area contributed by atoms with Gasteiger partial charge in [-0.05, 0) is 35.8 Å². The van der Waals surface area contributed by atoms with Gasteiger partial charge in [-0.3, -0.25) is 4.79 Å². The summed E-state index contributed by atoms with van der Waals surface area (Å²) >= 11 is 3.32. The van der Waals surface area contributed by atoms with Gasteiger partial charge >= 0.3 is 5.97 Å². The highest BCUT2D eigenvalue weighted by molar-refractivity contribution is 9.10. The third-order valence-electron chi connectivity index (χ3n) is 2.21. The summed E-state index contributed by atoms with van der Waals surface area (Å²) in [4.78, 5) is 15.4. The molecule has 0 bridgehead atoms. The second-order valence-corrected chi connectivity index (χ2v) is 4.47. The molecular weight excluding hydrogens is 286 g/mol. The molecule has 0 aliphatic heterocycles. The molecule has 1 aromatic heterocycles. The molecule has 0 unspecified atom stereocenters. The van der Waals surface area contributed by atoms with E-state index in [1.54, 1.807) is 20.0 Å². The number of carbonyl (C=O) groups is 1. The van der Waals surface area contributed by atoms with Gasteiger partial charge in [0.15, 0.2) is 0 Å². The van der Waals surface area contributed by atoms with Gasteiger partial charge in [-0.1, -0.05) is 0 Å². The first-order chi connectivity index (χ1) is 8.04. The summed E-state index contributed by atoms with van der Waals surface area (Å²) in [5, 5.41) is 3.04. The standard InChI is InChI=1S/C11H16BrN3O2/c1-3-17-11(16)7(2)14-5-8-4-9(12)6-15-10(8)13/h4,6-7,14H,3,5H2,1-2H3,(H2,13,15)/t7-/m1/s1. The molecule has 0 saturated carbocycles. The van der Waals surface area contributed by atoms with E-state index in [4.69, 9.17) is 10.5 Å². The molecule has 0 fully saturated rings. The lowest BCUT2D eigenvalue weighted by Crippen LogP contribution is -2.35. The van der Waals surface area contributed by atoms with Crippen molar-refractivity contribution in [2.45, 2.75) is 26.4 Å². The molecular formula is C11H16BrN3O2. The van der Waals surface area contributed by atoms with Crippen LogP contribution in [0.5, 0.6) is 0 Å². The van der Waals surface area contributed by atoms with Gasteiger partial charge in [0.2, 0.25) is 0 Å². The molecule has 6 heteroatoms. The van der Waals surface area contributed by atoms with Gasteiger partial charge in [0.1, 0.15) is 11.9 Å². The topological polar surface area (TPSA) is 77.2 Å². The molecule has 0 amide bonds. The molecule has 0 radical (unpaired) electrons. The van der Waals surface area contributed by atoms with Crippen LogP contribution in [-0.4, -0.2) is 23.6 Å². The first-order valence-corrected chi connectivity index (χ1v) is 6.13. The SMILES string of the molecule is CCOC(=O)[C@@H](C)NCc1cc(Br)cnc1N. The summed E-state index contributed by atoms with van der Waals surface area (Å²) in [5.41, 5.74) is 6.57. The number of anilines is 1. The van der Waals surface area contributed by atoms with Crippen molar-refractivity contribution in [3.8, 4) is 0 Å². The van der Waals surface area contributed by atoms with E-state index in [9.17, 15) is 4.79 Å². The Hall–Kier alpha value is -1.14. The minimum absolute atomic E-state index is 0.269. The summed E-state index contributed by atoms with van der Waals surface area (Å²) in [6, 6.07) is 1.50. The molecule has 0 spiro atoms. The zero-order valence-corrected chi connectivity index (χ0v) is 11.5. The number of nitrogen functional groups attached to an aromatic ring is 1. The number of nitrogens with two attached hydrogens (primary N) is 1. The van der Waals surface area contributed by atoms with Crippen molar-refractivity contribution >= 4 is 27.7 Å². The van der Waals surface area contributed by atoms with Gasteiger partial charge < -0.3 is 15.8 Å². The maximum Gasteiger partial charge on any atom is 0.322 e. The van der Waals surface area contributed by atoms with Crippen LogP contribution in [0.1, 0.15) is 19.4 Å². The Bertz CT molecular complexity index is 398. The zero-order chi connectivity index (χ0) is 12.8. The molecule has 0 saturated heterocycles. The monoisotopic (exact) mass is 301 g/mol. The zero-order valence-electron chi connectivity index (χ0n) is 9.87. The van der Waals surface area contributed by atoms with E-state index in [1.165, 1.54) is 0 Å². The van der Waals surface area contributed by atoms with Crippen molar-refractivity contribution in [1.29, 1.82) is 0 Å². The number of aromatic nitrogens is 1. The minimum Gasteiger partial charge on any atom is -0.465 e. The molecule has 0 aliphatic rings. The number of nitrogens with one attached hydrogen (secondary N) is 1. The van der Waals surface area contributed by atoms with E-state index in [2.05, 4.69) is 26.2 Å². The second-order valence-electron chi connectivity index (χ2n) is 3.55. The van der Waals surface area contributed by atoms with E-state index in [0.717, 1.165) is 10.0 Å². The summed E-state index contributed by atoms with van der Waals surface area (Å²) in [5.74, 6) is 0.186. The lowest BCUT2D eigenvalue weighted by atomic mass is 10.2. The number of nitrogens with zero attached hydrogens (tertiary/aromatic N) is 1. The van der Waals surface area contributed by atoms with Gasteiger partial charge in [-0.2, -0.15) is 0 Å². The molecule has 5 nitrogen and oxygen atoms in total. The molecule has 1 heterocycles. The number of pyridine rings is 1. The van der Waals surface area contributed by atoms with Crippen LogP contribution in [0, 0.1) is 0 Å². The van der Waals surface area contributed by atoms with Crippen LogP contribution in [-0.2, 0) is 16.1 Å². The normalized spacial score (nSPS) is 12.2. The quantitative estimate of drug-likeness (QED) is 0.805. The molecule has 3 N–H and O–H groups in total. The number of rotatable bonds is 5. The van der Waals surface area contributed by atoms with Crippen molar-refractivity contribution in [3.63, 3.8) is 0 Å². The van der Waals surface area contributed by atoms with Crippen LogP contribution < -0.4 is 11.1 Å². The van der Waals surface area contributed by atoms with Crippen molar-refractivity contribution < 1.29 is 9.53 Å². The fourth-order valence-electron chi connectivity index (χ4n) is 1.25. The van der Waals surface area contributed by atoms with Gasteiger partial charge in [0.25, 0.3) is 0 Å². The van der Waals surface area contributed by atoms with Crippen molar-refractivity contribution in [1.82, 2.24) is 10.3 Å². The van der Waals surface area contributed by atoms with Crippen LogP contribution in [0.2, 0.25) is 0 Å². The number of esters is 1. The molecule has 17 heavy (non-hydrogen) atoms. The van der Waals surface area contributed by atoms with Crippen LogP contribution in [0.3, 0.4) is 0 Å². The van der Waals surface area contributed by atoms with Crippen LogP contribution in [0.4, 0.5) is 5.82 Å². The van der Waals surface area contributed by atoms with Crippen LogP contribution >= 0.6 is 15.9 Å². The van der Waals surface area contributed by atoms with E-state index in [0.29, 0.717) is 19.0 Å². The minimum atomic E-state index is -0.367. The third-order valence-corrected chi connectivity index (χ3v) is 2.64. The van der Waals surface area contributed by atoms with Crippen LogP contribution in [0.15, 0.2) is 16.7 Å². The van der Waals surface area contributed by atoms with Gasteiger partial charge in [-0.15, -0.1) is 0 Å². The Labute approximate surface area is 109 Å². The lowest BCUT2D eigenvalue weighted by Gasteiger charge is -2.13. The number of halogens is 1. The fraction of sp³-hybridized carbons (Fsp3) is 0.455. The first-order valence-electron chi connectivity index (χ1n) is 5.34. The number of carbonyl (C=O) groups excluding carboxylic acids is 1. The van der Waals surface area contributed by atoms with Crippen molar-refractivity contribution in [2.24, 2.45) is 0 Å². The number of ether oxygens (including phenoxy) is 1. The van der Waals surface area contributed by atoms with Gasteiger partial charge in [0, 0.05) is 22.8 Å². The van der Waals surface area contributed by atoms with E-state index in [1.807, 2.05) is 6.07 Å². The van der Waals surface area contributed by atoms with Crippen LogP contribution in [0.25, 0.3) is 0 Å². The van der Waals surface area contributed by atoms with Crippen molar-refractivity contribution in [3.05, 3.63) is 22.3 Å². The summed E-state index contributed by atoms with van der Waals surface area (Å²) < 4.78 is 5.74. The molecule has 1 atom stereocenters. The molecule has 94 valence electrons. The van der Waals surface area contributed by atoms with E-state index >= 15 is 0 Å². The maximum absolute atomic E-state index is 11.4. The van der Waals surface area contributed by atoms with Gasteiger partial charge in [-0.25, -0.2) is 4.98 Å². The summed E-state index contributed by atoms with van der Waals surface area (Å²) in [6.07, 6.45) is 1.63. The average molecular weight is 302 g/mol. The average Bonchev–Trinajstić information content (AvgIpc) is 2.30. The summed E-state index contributed by atoms with van der Waals surface area (Å²) in [7, 11) is 0. The highest BCUT2D eigenvalue weighted by Gasteiger charge is 2.13. The highest BCUT2D eigenvalue weighted by atomic mass is 79.9. The van der Waals surface area contributed by atoms with Gasteiger partial charge in [0.05, 0.1) is 6.61 Å². The Morgan fingerprint density at radius 2 is 2.41 bits per heavy atom. The largest absolute Gasteiger partial charge is 0.465 e. The van der Waals surface area contributed by atoms with E-state index in [-0.39, 0.29) is 12.0 Å². The van der Waals surface area contributed by atoms with Crippen molar-refractivity contribution in [2.75, 3.05) is 12.3 Å². The predicted octanol–water partition coefficient (Wildman–Crippen LogP) is 1.47. The molecule has 0 aliphatic carbocycles. The molecule has 1 rings (SSSR count). The Kier molecular flexibility index (Phi) is 5.37. The number of hydrogen-bond donors (Lipinski definition) is 2. The fourth-order valence-corrected chi connectivity index (χ4v) is 1.63. The number of hydrogen-bond acceptors (Lipinski definition) is 5. The Morgan fingerprint density at radius 3 is 3.06 bits per heavy atom. The maximum atomic E-state index is 11.4. The lowest BCUT2D eigenvalue weighted by molar-refractivity contribution is -0.145. The first kappa shape index (κ1) is 13.9.